The second-order valence-corrected chi connectivity index (χ2v) is 7.32. The summed E-state index contributed by atoms with van der Waals surface area (Å²) in [6.07, 6.45) is 0.938. The van der Waals surface area contributed by atoms with Gasteiger partial charge in [-0.3, -0.25) is 9.69 Å². The van der Waals surface area contributed by atoms with Gasteiger partial charge in [0, 0.05) is 31.1 Å². The van der Waals surface area contributed by atoms with E-state index in [2.05, 4.69) is 4.90 Å². The Bertz CT molecular complexity index is 623. The number of hydrogen-bond donors (Lipinski definition) is 0. The lowest BCUT2D eigenvalue weighted by molar-refractivity contribution is -0.135. The molecule has 0 radical (unpaired) electrons. The predicted octanol–water partition coefficient (Wildman–Crippen LogP) is 2.42. The van der Waals surface area contributed by atoms with Crippen LogP contribution in [0.2, 0.25) is 0 Å². The Balaban J connectivity index is 1.69. The molecule has 4 nitrogen and oxygen atoms in total. The van der Waals surface area contributed by atoms with E-state index in [1.165, 1.54) is 12.1 Å². The lowest BCUT2D eigenvalue weighted by Crippen LogP contribution is -2.45. The molecule has 1 atom stereocenters. The lowest BCUT2D eigenvalue weighted by Gasteiger charge is -2.34. The van der Waals surface area contributed by atoms with E-state index >= 15 is 0 Å². The van der Waals surface area contributed by atoms with Gasteiger partial charge in [0.2, 0.25) is 5.91 Å². The highest BCUT2D eigenvalue weighted by Crippen LogP contribution is 2.35. The zero-order valence-corrected chi connectivity index (χ0v) is 14.2. The molecule has 0 bridgehead atoms. The Kier molecular flexibility index (Phi) is 4.88. The van der Waals surface area contributed by atoms with Gasteiger partial charge in [0.15, 0.2) is 11.6 Å². The Morgan fingerprint density at radius 2 is 2.04 bits per heavy atom. The second kappa shape index (κ2) is 6.76. The number of rotatable bonds is 3. The number of halogens is 2. The number of hydrogen-bond acceptors (Lipinski definition) is 3. The third-order valence-corrected chi connectivity index (χ3v) is 4.99. The van der Waals surface area contributed by atoms with Crippen molar-refractivity contribution in [2.45, 2.75) is 32.9 Å². The summed E-state index contributed by atoms with van der Waals surface area (Å²) in [5, 5.41) is 0. The molecule has 2 heterocycles. The Morgan fingerprint density at radius 3 is 2.75 bits per heavy atom. The standard InChI is InChI=1S/C18H24F2N2O2/c1-13(2)22-11-18(12-24-9-17(22)23)5-6-21(10-18)8-14-3-4-15(19)16(20)7-14/h3-4,7,13H,5-6,8-12H2,1-2H3. The number of ether oxygens (including phenoxy) is 1. The Labute approximate surface area is 141 Å². The number of nitrogens with zero attached hydrogens (tertiary/aromatic N) is 2. The first-order chi connectivity index (χ1) is 11.4. The minimum atomic E-state index is -0.820. The van der Waals surface area contributed by atoms with Crippen LogP contribution in [0, 0.1) is 17.0 Å². The molecule has 0 saturated carbocycles. The van der Waals surface area contributed by atoms with Gasteiger partial charge in [-0.05, 0) is 44.5 Å². The average Bonchev–Trinajstić information content (AvgIpc) is 2.83. The summed E-state index contributed by atoms with van der Waals surface area (Å²) in [6.45, 7) is 7.67. The third-order valence-electron chi connectivity index (χ3n) is 4.99. The maximum absolute atomic E-state index is 13.4. The molecule has 2 aliphatic heterocycles. The maximum Gasteiger partial charge on any atom is 0.248 e. The maximum atomic E-state index is 13.4. The number of likely N-dealkylation sites (tertiary alicyclic amines) is 1. The molecule has 1 unspecified atom stereocenters. The highest BCUT2D eigenvalue weighted by molar-refractivity contribution is 5.78. The molecule has 2 fully saturated rings. The Hall–Kier alpha value is -1.53. The summed E-state index contributed by atoms with van der Waals surface area (Å²) in [7, 11) is 0. The molecule has 1 amide bonds. The summed E-state index contributed by atoms with van der Waals surface area (Å²) in [5.41, 5.74) is 0.687. The van der Waals surface area contributed by atoms with Crippen LogP contribution in [0.1, 0.15) is 25.8 Å². The fraction of sp³-hybridized carbons (Fsp3) is 0.611. The number of carbonyl (C=O) groups excluding carboxylic acids is 1. The van der Waals surface area contributed by atoms with E-state index in [0.29, 0.717) is 19.7 Å². The molecule has 6 heteroatoms. The number of carbonyl (C=O) groups is 1. The molecular formula is C18H24F2N2O2. The highest BCUT2D eigenvalue weighted by atomic mass is 19.2. The first kappa shape index (κ1) is 17.3. The topological polar surface area (TPSA) is 32.8 Å². The van der Waals surface area contributed by atoms with Gasteiger partial charge in [-0.15, -0.1) is 0 Å². The van der Waals surface area contributed by atoms with Crippen LogP contribution in [0.25, 0.3) is 0 Å². The SMILES string of the molecule is CC(C)N1CC2(CCN(Cc3ccc(F)c(F)c3)C2)COCC1=O. The number of benzene rings is 1. The van der Waals surface area contributed by atoms with Crippen LogP contribution in [0.4, 0.5) is 8.78 Å². The monoisotopic (exact) mass is 338 g/mol. The predicted molar refractivity (Wildman–Crippen MR) is 86.4 cm³/mol. The van der Waals surface area contributed by atoms with E-state index in [0.717, 1.165) is 25.1 Å². The number of amides is 1. The van der Waals surface area contributed by atoms with Crippen molar-refractivity contribution in [2.24, 2.45) is 5.41 Å². The smallest absolute Gasteiger partial charge is 0.248 e. The van der Waals surface area contributed by atoms with Crippen molar-refractivity contribution in [3.8, 4) is 0 Å². The van der Waals surface area contributed by atoms with E-state index in [4.69, 9.17) is 4.74 Å². The largest absolute Gasteiger partial charge is 0.371 e. The highest BCUT2D eigenvalue weighted by Gasteiger charge is 2.43. The van der Waals surface area contributed by atoms with E-state index < -0.39 is 11.6 Å². The molecule has 1 spiro atoms. The fourth-order valence-corrected chi connectivity index (χ4v) is 3.71. The minimum absolute atomic E-state index is 0.0425. The van der Waals surface area contributed by atoms with Gasteiger partial charge >= 0.3 is 0 Å². The molecule has 0 aliphatic carbocycles. The Morgan fingerprint density at radius 1 is 1.25 bits per heavy atom. The van der Waals surface area contributed by atoms with Crippen LogP contribution in [-0.2, 0) is 16.1 Å². The van der Waals surface area contributed by atoms with Gasteiger partial charge in [-0.1, -0.05) is 6.07 Å². The molecule has 1 aromatic carbocycles. The molecule has 132 valence electrons. The van der Waals surface area contributed by atoms with Crippen molar-refractivity contribution in [1.29, 1.82) is 0 Å². The van der Waals surface area contributed by atoms with Crippen molar-refractivity contribution in [3.63, 3.8) is 0 Å². The molecule has 0 N–H and O–H groups in total. The summed E-state index contributed by atoms with van der Waals surface area (Å²) < 4.78 is 32.1. The molecule has 1 aromatic rings. The van der Waals surface area contributed by atoms with E-state index in [1.54, 1.807) is 6.07 Å². The van der Waals surface area contributed by atoms with Gasteiger partial charge in [0.05, 0.1) is 6.61 Å². The molecule has 2 aliphatic rings. The van der Waals surface area contributed by atoms with Crippen molar-refractivity contribution in [1.82, 2.24) is 9.80 Å². The van der Waals surface area contributed by atoms with Gasteiger partial charge in [0.25, 0.3) is 0 Å². The van der Waals surface area contributed by atoms with E-state index in [9.17, 15) is 13.6 Å². The lowest BCUT2D eigenvalue weighted by atomic mass is 9.87. The first-order valence-corrected chi connectivity index (χ1v) is 8.42. The summed E-state index contributed by atoms with van der Waals surface area (Å²) in [5.74, 6) is -1.59. The third kappa shape index (κ3) is 3.59. The van der Waals surface area contributed by atoms with Crippen LogP contribution in [0.3, 0.4) is 0 Å². The van der Waals surface area contributed by atoms with Crippen LogP contribution in [0.15, 0.2) is 18.2 Å². The van der Waals surface area contributed by atoms with Crippen molar-refractivity contribution >= 4 is 5.91 Å². The zero-order valence-electron chi connectivity index (χ0n) is 14.2. The molecule has 3 rings (SSSR count). The molecule has 24 heavy (non-hydrogen) atoms. The second-order valence-electron chi connectivity index (χ2n) is 7.32. The summed E-state index contributed by atoms with van der Waals surface area (Å²) in [6, 6.07) is 4.20. The van der Waals surface area contributed by atoms with Gasteiger partial charge in [-0.25, -0.2) is 8.78 Å². The molecule has 2 saturated heterocycles. The van der Waals surface area contributed by atoms with Crippen LogP contribution in [0.5, 0.6) is 0 Å². The van der Waals surface area contributed by atoms with Crippen LogP contribution < -0.4 is 0 Å². The van der Waals surface area contributed by atoms with Crippen molar-refractivity contribution < 1.29 is 18.3 Å². The van der Waals surface area contributed by atoms with Crippen LogP contribution >= 0.6 is 0 Å². The normalized spacial score (nSPS) is 25.7. The van der Waals surface area contributed by atoms with Crippen molar-refractivity contribution in [2.75, 3.05) is 32.8 Å². The fourth-order valence-electron chi connectivity index (χ4n) is 3.71. The van der Waals surface area contributed by atoms with Crippen molar-refractivity contribution in [3.05, 3.63) is 35.4 Å². The summed E-state index contributed by atoms with van der Waals surface area (Å²) >= 11 is 0. The van der Waals surface area contributed by atoms with E-state index in [-0.39, 0.29) is 24.0 Å². The minimum Gasteiger partial charge on any atom is -0.371 e. The van der Waals surface area contributed by atoms with Gasteiger partial charge in [0.1, 0.15) is 6.61 Å². The van der Waals surface area contributed by atoms with E-state index in [1.807, 2.05) is 18.7 Å². The average molecular weight is 338 g/mol. The summed E-state index contributed by atoms with van der Waals surface area (Å²) in [4.78, 5) is 16.3. The van der Waals surface area contributed by atoms with Gasteiger partial charge in [-0.2, -0.15) is 0 Å². The first-order valence-electron chi connectivity index (χ1n) is 8.42. The van der Waals surface area contributed by atoms with Gasteiger partial charge < -0.3 is 9.64 Å². The molecule has 0 aromatic heterocycles. The zero-order chi connectivity index (χ0) is 17.3. The molecular weight excluding hydrogens is 314 g/mol. The van der Waals surface area contributed by atoms with Crippen LogP contribution in [-0.4, -0.2) is 54.6 Å². The quantitative estimate of drug-likeness (QED) is 0.849.